The van der Waals surface area contributed by atoms with Crippen molar-refractivity contribution in [3.8, 4) is 0 Å². The molecule has 5 heteroatoms. The van der Waals surface area contributed by atoms with Crippen LogP contribution in [-0.4, -0.2) is 11.9 Å². The fourth-order valence-corrected chi connectivity index (χ4v) is 1.44. The third-order valence-corrected chi connectivity index (χ3v) is 2.06. The van der Waals surface area contributed by atoms with Gasteiger partial charge in [-0.1, -0.05) is 18.2 Å². The molecule has 0 aliphatic rings. The topological polar surface area (TPSA) is 38.4 Å². The Bertz CT molecular complexity index is 408. The van der Waals surface area contributed by atoms with E-state index in [-0.39, 0.29) is 12.5 Å². The van der Waals surface area contributed by atoms with E-state index in [4.69, 9.17) is 5.73 Å². The summed E-state index contributed by atoms with van der Waals surface area (Å²) in [7, 11) is 0. The molecule has 0 saturated carbocycles. The Balaban J connectivity index is 2.87. The fraction of sp³-hybridized carbons (Fsp3) is 0.417. The lowest BCUT2D eigenvalue weighted by Gasteiger charge is -2.09. The highest BCUT2D eigenvalue weighted by molar-refractivity contribution is 5.82. The molecule has 0 radical (unpaired) electrons. The molecule has 0 spiro atoms. The Kier molecular flexibility index (Phi) is 4.15. The van der Waals surface area contributed by atoms with Crippen molar-refractivity contribution in [2.75, 3.05) is 0 Å². The van der Waals surface area contributed by atoms with E-state index in [2.05, 4.69) is 4.99 Å². The maximum Gasteiger partial charge on any atom is 0.416 e. The summed E-state index contributed by atoms with van der Waals surface area (Å²) in [5, 5.41) is 0. The van der Waals surface area contributed by atoms with Gasteiger partial charge in [-0.2, -0.15) is 13.2 Å². The van der Waals surface area contributed by atoms with Crippen LogP contribution in [0.1, 0.15) is 25.0 Å². The maximum atomic E-state index is 12.5. The molecule has 1 aromatic carbocycles. The number of nitrogens with two attached hydrogens (primary N) is 1. The molecule has 0 amide bonds. The molecule has 0 aliphatic carbocycles. The van der Waals surface area contributed by atoms with E-state index in [0.29, 0.717) is 11.4 Å². The third-order valence-electron chi connectivity index (χ3n) is 2.06. The molecule has 17 heavy (non-hydrogen) atoms. The second-order valence-corrected chi connectivity index (χ2v) is 4.09. The minimum Gasteiger partial charge on any atom is -0.387 e. The fourth-order valence-electron chi connectivity index (χ4n) is 1.44. The molecule has 94 valence electrons. The molecular formula is C12H15F3N2. The van der Waals surface area contributed by atoms with Crippen LogP contribution in [0.15, 0.2) is 29.3 Å². The number of alkyl halides is 3. The van der Waals surface area contributed by atoms with Crippen LogP contribution in [0, 0.1) is 0 Å². The Morgan fingerprint density at radius 3 is 2.53 bits per heavy atom. The van der Waals surface area contributed by atoms with Crippen LogP contribution in [0.2, 0.25) is 0 Å². The average Bonchev–Trinajstić information content (AvgIpc) is 2.15. The minimum atomic E-state index is -4.32. The van der Waals surface area contributed by atoms with E-state index >= 15 is 0 Å². The molecule has 1 rings (SSSR count). The number of nitrogens with zero attached hydrogens (tertiary/aromatic N) is 1. The largest absolute Gasteiger partial charge is 0.416 e. The zero-order chi connectivity index (χ0) is 13.1. The quantitative estimate of drug-likeness (QED) is 0.644. The lowest BCUT2D eigenvalue weighted by Crippen LogP contribution is -2.17. The molecule has 0 bridgehead atoms. The van der Waals surface area contributed by atoms with Gasteiger partial charge in [0.15, 0.2) is 0 Å². The molecule has 0 unspecified atom stereocenters. The maximum absolute atomic E-state index is 12.5. The molecule has 0 saturated heterocycles. The van der Waals surface area contributed by atoms with Gasteiger partial charge in [0.05, 0.1) is 11.4 Å². The smallest absolute Gasteiger partial charge is 0.387 e. The highest BCUT2D eigenvalue weighted by Crippen LogP contribution is 2.29. The van der Waals surface area contributed by atoms with Gasteiger partial charge in [0.25, 0.3) is 0 Å². The van der Waals surface area contributed by atoms with E-state index in [1.165, 1.54) is 6.07 Å². The van der Waals surface area contributed by atoms with Gasteiger partial charge in [0.1, 0.15) is 0 Å². The van der Waals surface area contributed by atoms with E-state index in [0.717, 1.165) is 12.1 Å². The van der Waals surface area contributed by atoms with Gasteiger partial charge in [-0.05, 0) is 25.5 Å². The monoisotopic (exact) mass is 244 g/mol. The van der Waals surface area contributed by atoms with Crippen LogP contribution in [-0.2, 0) is 12.6 Å². The molecule has 0 heterocycles. The summed E-state index contributed by atoms with van der Waals surface area (Å²) >= 11 is 0. The lowest BCUT2D eigenvalue weighted by molar-refractivity contribution is -0.137. The van der Waals surface area contributed by atoms with Crippen LogP contribution in [0.5, 0.6) is 0 Å². The van der Waals surface area contributed by atoms with Crippen molar-refractivity contribution < 1.29 is 13.2 Å². The third kappa shape index (κ3) is 4.46. The van der Waals surface area contributed by atoms with Crippen LogP contribution >= 0.6 is 0 Å². The van der Waals surface area contributed by atoms with Gasteiger partial charge < -0.3 is 5.73 Å². The molecule has 2 N–H and O–H groups in total. The van der Waals surface area contributed by atoms with Gasteiger partial charge >= 0.3 is 6.18 Å². The van der Waals surface area contributed by atoms with Crippen molar-refractivity contribution in [2.24, 2.45) is 10.7 Å². The van der Waals surface area contributed by atoms with Crippen molar-refractivity contribution in [2.45, 2.75) is 32.5 Å². The summed E-state index contributed by atoms with van der Waals surface area (Å²) in [6.07, 6.45) is -4.08. The Morgan fingerprint density at radius 1 is 1.35 bits per heavy atom. The van der Waals surface area contributed by atoms with Crippen LogP contribution in [0.4, 0.5) is 13.2 Å². The van der Waals surface area contributed by atoms with Crippen molar-refractivity contribution in [3.63, 3.8) is 0 Å². The number of benzene rings is 1. The van der Waals surface area contributed by atoms with Gasteiger partial charge in [0.2, 0.25) is 0 Å². The first kappa shape index (κ1) is 13.5. The standard InChI is InChI=1S/C12H15F3N2/c1-8(2)17-11(16)7-9-4-3-5-10(6-9)12(13,14)15/h3-6,8H,7H2,1-2H3,(H2,16,17). The summed E-state index contributed by atoms with van der Waals surface area (Å²) in [6.45, 7) is 3.72. The van der Waals surface area contributed by atoms with Gasteiger partial charge in [0, 0.05) is 12.5 Å². The number of rotatable bonds is 3. The van der Waals surface area contributed by atoms with E-state index in [1.807, 2.05) is 13.8 Å². The second kappa shape index (κ2) is 5.21. The number of aliphatic imine (C=N–C) groups is 1. The van der Waals surface area contributed by atoms with Gasteiger partial charge in [-0.3, -0.25) is 4.99 Å². The Hall–Kier alpha value is -1.52. The van der Waals surface area contributed by atoms with Crippen molar-refractivity contribution >= 4 is 5.84 Å². The summed E-state index contributed by atoms with van der Waals surface area (Å²) in [6, 6.07) is 5.17. The molecular weight excluding hydrogens is 229 g/mol. The highest BCUT2D eigenvalue weighted by Gasteiger charge is 2.30. The number of halogens is 3. The molecule has 0 aromatic heterocycles. The second-order valence-electron chi connectivity index (χ2n) is 4.09. The first-order valence-corrected chi connectivity index (χ1v) is 5.27. The van der Waals surface area contributed by atoms with E-state index in [1.54, 1.807) is 6.07 Å². The van der Waals surface area contributed by atoms with Crippen LogP contribution in [0.25, 0.3) is 0 Å². The molecule has 2 nitrogen and oxygen atoms in total. The molecule has 0 atom stereocenters. The van der Waals surface area contributed by atoms with Crippen molar-refractivity contribution in [1.82, 2.24) is 0 Å². The lowest BCUT2D eigenvalue weighted by atomic mass is 10.1. The predicted molar refractivity (Wildman–Crippen MR) is 61.9 cm³/mol. The first-order chi connectivity index (χ1) is 7.79. The first-order valence-electron chi connectivity index (χ1n) is 5.27. The zero-order valence-electron chi connectivity index (χ0n) is 9.75. The number of amidine groups is 1. The number of hydrogen-bond donors (Lipinski definition) is 1. The van der Waals surface area contributed by atoms with Gasteiger partial charge in [-0.15, -0.1) is 0 Å². The average molecular weight is 244 g/mol. The Morgan fingerprint density at radius 2 is 2.00 bits per heavy atom. The summed E-state index contributed by atoms with van der Waals surface area (Å²) < 4.78 is 37.4. The summed E-state index contributed by atoms with van der Waals surface area (Å²) in [5.74, 6) is 0.347. The Labute approximate surface area is 98.4 Å². The molecule has 0 aliphatic heterocycles. The van der Waals surface area contributed by atoms with E-state index < -0.39 is 11.7 Å². The van der Waals surface area contributed by atoms with Crippen molar-refractivity contribution in [1.29, 1.82) is 0 Å². The van der Waals surface area contributed by atoms with E-state index in [9.17, 15) is 13.2 Å². The molecule has 0 fully saturated rings. The summed E-state index contributed by atoms with van der Waals surface area (Å²) in [4.78, 5) is 4.08. The zero-order valence-corrected chi connectivity index (χ0v) is 9.75. The van der Waals surface area contributed by atoms with Crippen LogP contribution < -0.4 is 5.73 Å². The number of hydrogen-bond acceptors (Lipinski definition) is 1. The highest BCUT2D eigenvalue weighted by atomic mass is 19.4. The van der Waals surface area contributed by atoms with Crippen LogP contribution in [0.3, 0.4) is 0 Å². The normalized spacial score (nSPS) is 13.2. The molecule has 1 aromatic rings. The minimum absolute atomic E-state index is 0.0424. The van der Waals surface area contributed by atoms with Gasteiger partial charge in [-0.25, -0.2) is 0 Å². The predicted octanol–water partition coefficient (Wildman–Crippen LogP) is 3.01. The summed E-state index contributed by atoms with van der Waals surface area (Å²) in [5.41, 5.74) is 5.49. The van der Waals surface area contributed by atoms with Crippen molar-refractivity contribution in [3.05, 3.63) is 35.4 Å². The SMILES string of the molecule is CC(C)N=C(N)Cc1cccc(C(F)(F)F)c1.